The molecule has 0 bridgehead atoms. The molecule has 0 unspecified atom stereocenters. The summed E-state index contributed by atoms with van der Waals surface area (Å²) in [5.41, 5.74) is -1.04. The van der Waals surface area contributed by atoms with E-state index < -0.39 is 24.0 Å². The Morgan fingerprint density at radius 1 is 1.33 bits per heavy atom. The molecule has 0 aromatic carbocycles. The first-order chi connectivity index (χ1) is 9.68. The van der Waals surface area contributed by atoms with Gasteiger partial charge in [-0.1, -0.05) is 0 Å². The van der Waals surface area contributed by atoms with Gasteiger partial charge in [-0.3, -0.25) is 0 Å². The van der Waals surface area contributed by atoms with Crippen molar-refractivity contribution in [3.8, 4) is 5.88 Å². The summed E-state index contributed by atoms with van der Waals surface area (Å²) in [5, 5.41) is 0. The van der Waals surface area contributed by atoms with Crippen LogP contribution in [0, 0.1) is 0 Å². The molecule has 1 aliphatic heterocycles. The van der Waals surface area contributed by atoms with Gasteiger partial charge in [0.15, 0.2) is 0 Å². The fourth-order valence-electron chi connectivity index (χ4n) is 1.86. The minimum atomic E-state index is -1.01. The quantitative estimate of drug-likeness (QED) is 0.771. The second kappa shape index (κ2) is 5.70. The molecule has 1 aromatic heterocycles. The summed E-state index contributed by atoms with van der Waals surface area (Å²) in [6, 6.07) is 1.68. The maximum absolute atomic E-state index is 14.4. The number of rotatable bonds is 3. The van der Waals surface area contributed by atoms with E-state index in [4.69, 9.17) is 14.0 Å². The maximum atomic E-state index is 14.4. The fourth-order valence-corrected chi connectivity index (χ4v) is 2.38. The molecule has 0 atom stereocenters. The molecule has 2 heterocycles. The molecule has 1 saturated heterocycles. The third-order valence-electron chi connectivity index (χ3n) is 3.85. The van der Waals surface area contributed by atoms with Crippen LogP contribution in [0.3, 0.4) is 0 Å². The minimum Gasteiger partial charge on any atom is -0.480 e. The van der Waals surface area contributed by atoms with E-state index in [2.05, 4.69) is 20.9 Å². The molecule has 0 aliphatic carbocycles. The molecular formula is C14H18BBrFNO3. The van der Waals surface area contributed by atoms with Crippen LogP contribution >= 0.6 is 15.9 Å². The molecule has 2 rings (SSSR count). The van der Waals surface area contributed by atoms with Gasteiger partial charge in [-0.15, -0.1) is 0 Å². The zero-order valence-electron chi connectivity index (χ0n) is 12.7. The zero-order chi connectivity index (χ0) is 15.8. The molecule has 7 heteroatoms. The summed E-state index contributed by atoms with van der Waals surface area (Å²) in [6.07, 6.45) is 2.91. The van der Waals surface area contributed by atoms with Crippen LogP contribution in [0.15, 0.2) is 22.5 Å². The summed E-state index contributed by atoms with van der Waals surface area (Å²) >= 11 is 3.34. The molecular weight excluding hydrogens is 340 g/mol. The normalized spacial score (nSPS) is 20.7. The van der Waals surface area contributed by atoms with Gasteiger partial charge in [0.2, 0.25) is 5.88 Å². The topological polar surface area (TPSA) is 40.6 Å². The Kier molecular flexibility index (Phi) is 4.47. The molecule has 0 amide bonds. The Morgan fingerprint density at radius 3 is 2.43 bits per heavy atom. The third kappa shape index (κ3) is 3.15. The van der Waals surface area contributed by atoms with E-state index in [-0.39, 0.29) is 0 Å². The van der Waals surface area contributed by atoms with Gasteiger partial charge in [-0.2, -0.15) is 0 Å². The minimum absolute atomic E-state index is 0.394. The molecule has 1 fully saturated rings. The SMILES string of the molecule is COc1nccc(C=C(F)B2OC(C)(C)C(C)(C)O2)c1Br. The predicted molar refractivity (Wildman–Crippen MR) is 83.7 cm³/mol. The van der Waals surface area contributed by atoms with Crippen LogP contribution in [-0.4, -0.2) is 30.4 Å². The largest absolute Gasteiger partial charge is 0.525 e. The van der Waals surface area contributed by atoms with E-state index in [1.807, 2.05) is 27.7 Å². The Balaban J connectivity index is 2.27. The van der Waals surface area contributed by atoms with Gasteiger partial charge in [0, 0.05) is 6.20 Å². The number of methoxy groups -OCH3 is 1. The second-order valence-electron chi connectivity index (χ2n) is 5.84. The molecule has 0 N–H and O–H groups in total. The van der Waals surface area contributed by atoms with Gasteiger partial charge < -0.3 is 14.0 Å². The highest BCUT2D eigenvalue weighted by Gasteiger charge is 2.53. The van der Waals surface area contributed by atoms with Crippen molar-refractivity contribution in [2.24, 2.45) is 0 Å². The van der Waals surface area contributed by atoms with Crippen molar-refractivity contribution in [2.75, 3.05) is 7.11 Å². The number of halogens is 2. The highest BCUT2D eigenvalue weighted by Crippen LogP contribution is 2.39. The van der Waals surface area contributed by atoms with Crippen LogP contribution in [-0.2, 0) is 9.31 Å². The first-order valence-electron chi connectivity index (χ1n) is 6.59. The van der Waals surface area contributed by atoms with E-state index >= 15 is 0 Å². The van der Waals surface area contributed by atoms with Crippen LogP contribution in [0.4, 0.5) is 4.39 Å². The number of pyridine rings is 1. The fraction of sp³-hybridized carbons (Fsp3) is 0.500. The lowest BCUT2D eigenvalue weighted by Crippen LogP contribution is -2.41. The zero-order valence-corrected chi connectivity index (χ0v) is 14.3. The maximum Gasteiger partial charge on any atom is 0.525 e. The summed E-state index contributed by atoms with van der Waals surface area (Å²) in [4.78, 5) is 4.03. The van der Waals surface area contributed by atoms with Crippen LogP contribution < -0.4 is 4.74 Å². The number of hydrogen-bond acceptors (Lipinski definition) is 4. The molecule has 21 heavy (non-hydrogen) atoms. The standard InChI is InChI=1S/C14H18BBrFNO3/c1-13(2)14(3,4)21-15(20-13)10(17)8-9-6-7-18-12(19-5)11(9)16/h6-8H,1-5H3. The Labute approximate surface area is 133 Å². The van der Waals surface area contributed by atoms with E-state index in [9.17, 15) is 4.39 Å². The molecule has 0 spiro atoms. The van der Waals surface area contributed by atoms with Gasteiger partial charge in [-0.25, -0.2) is 9.37 Å². The molecule has 4 nitrogen and oxygen atoms in total. The smallest absolute Gasteiger partial charge is 0.480 e. The first-order valence-corrected chi connectivity index (χ1v) is 7.38. The van der Waals surface area contributed by atoms with E-state index in [0.29, 0.717) is 15.9 Å². The lowest BCUT2D eigenvalue weighted by atomic mass is 9.87. The van der Waals surface area contributed by atoms with Crippen molar-refractivity contribution < 1.29 is 18.4 Å². The van der Waals surface area contributed by atoms with Gasteiger partial charge in [0.25, 0.3) is 0 Å². The average Bonchev–Trinajstić information content (AvgIpc) is 2.61. The van der Waals surface area contributed by atoms with E-state index in [0.717, 1.165) is 0 Å². The summed E-state index contributed by atoms with van der Waals surface area (Å²) < 4.78 is 31.4. The Morgan fingerprint density at radius 2 is 1.90 bits per heavy atom. The van der Waals surface area contributed by atoms with Crippen molar-refractivity contribution in [2.45, 2.75) is 38.9 Å². The third-order valence-corrected chi connectivity index (χ3v) is 4.65. The van der Waals surface area contributed by atoms with Crippen LogP contribution in [0.25, 0.3) is 6.08 Å². The molecule has 1 aliphatic rings. The van der Waals surface area contributed by atoms with E-state index in [1.54, 1.807) is 12.3 Å². The second-order valence-corrected chi connectivity index (χ2v) is 6.63. The van der Waals surface area contributed by atoms with Gasteiger partial charge in [-0.05, 0) is 61.3 Å². The number of hydrogen-bond donors (Lipinski definition) is 0. The summed E-state index contributed by atoms with van der Waals surface area (Å²) in [6.45, 7) is 7.52. The van der Waals surface area contributed by atoms with Crippen LogP contribution in [0.2, 0.25) is 0 Å². The van der Waals surface area contributed by atoms with Crippen molar-refractivity contribution in [3.05, 3.63) is 28.0 Å². The Hall–Kier alpha value is -0.915. The highest BCUT2D eigenvalue weighted by atomic mass is 79.9. The van der Waals surface area contributed by atoms with Crippen LogP contribution in [0.5, 0.6) is 5.88 Å². The number of ether oxygens (including phenoxy) is 1. The summed E-state index contributed by atoms with van der Waals surface area (Å²) in [5.74, 6) is 0.394. The Bertz CT molecular complexity index is 561. The van der Waals surface area contributed by atoms with E-state index in [1.165, 1.54) is 13.2 Å². The average molecular weight is 358 g/mol. The monoisotopic (exact) mass is 357 g/mol. The molecule has 1 aromatic rings. The molecule has 0 radical (unpaired) electrons. The van der Waals surface area contributed by atoms with Gasteiger partial charge in [0.1, 0.15) is 5.73 Å². The van der Waals surface area contributed by atoms with Gasteiger partial charge >= 0.3 is 7.12 Å². The van der Waals surface area contributed by atoms with Crippen molar-refractivity contribution in [1.29, 1.82) is 0 Å². The van der Waals surface area contributed by atoms with Gasteiger partial charge in [0.05, 0.1) is 22.8 Å². The van der Waals surface area contributed by atoms with Crippen molar-refractivity contribution in [1.82, 2.24) is 4.98 Å². The van der Waals surface area contributed by atoms with Crippen molar-refractivity contribution >= 4 is 29.1 Å². The highest BCUT2D eigenvalue weighted by molar-refractivity contribution is 9.10. The number of nitrogens with zero attached hydrogens (tertiary/aromatic N) is 1. The number of aromatic nitrogens is 1. The summed E-state index contributed by atoms with van der Waals surface area (Å²) in [7, 11) is 0.492. The predicted octanol–water partition coefficient (Wildman–Crippen LogP) is 3.79. The van der Waals surface area contributed by atoms with Crippen molar-refractivity contribution in [3.63, 3.8) is 0 Å². The first kappa shape index (κ1) is 16.5. The lowest BCUT2D eigenvalue weighted by molar-refractivity contribution is 0.00578. The molecule has 114 valence electrons. The lowest BCUT2D eigenvalue weighted by Gasteiger charge is -2.32. The molecule has 0 saturated carbocycles. The van der Waals surface area contributed by atoms with Crippen LogP contribution in [0.1, 0.15) is 33.3 Å².